The van der Waals surface area contributed by atoms with Gasteiger partial charge in [0.25, 0.3) is 5.91 Å². The molecule has 1 heterocycles. The molecule has 0 saturated carbocycles. The Morgan fingerprint density at radius 1 is 1.03 bits per heavy atom. The van der Waals surface area contributed by atoms with E-state index in [2.05, 4.69) is 29.2 Å². The second-order valence-corrected chi connectivity index (χ2v) is 8.78. The van der Waals surface area contributed by atoms with Gasteiger partial charge in [0.05, 0.1) is 8.15 Å². The fourth-order valence-corrected chi connectivity index (χ4v) is 5.60. The van der Waals surface area contributed by atoms with Crippen molar-refractivity contribution >= 4 is 47.2 Å². The second kappa shape index (κ2) is 8.38. The van der Waals surface area contributed by atoms with Crippen molar-refractivity contribution < 1.29 is 9.32 Å². The van der Waals surface area contributed by atoms with Crippen LogP contribution in [0.25, 0.3) is 22.0 Å². The van der Waals surface area contributed by atoms with Crippen LogP contribution in [0.2, 0.25) is 5.02 Å². The highest BCUT2D eigenvalue weighted by molar-refractivity contribution is 7.69. The molecule has 4 nitrogen and oxygen atoms in total. The van der Waals surface area contributed by atoms with E-state index in [4.69, 9.17) is 21.9 Å². The first kappa shape index (κ1) is 19.7. The summed E-state index contributed by atoms with van der Waals surface area (Å²) in [5.74, 6) is -0.515. The fourth-order valence-electron chi connectivity index (χ4n) is 3.38. The van der Waals surface area contributed by atoms with Crippen molar-refractivity contribution in [2.75, 3.05) is 6.61 Å². The maximum atomic E-state index is 12.2. The first-order valence-electron chi connectivity index (χ1n) is 9.28. The molecule has 0 saturated heterocycles. The highest BCUT2D eigenvalue weighted by atomic mass is 35.5. The van der Waals surface area contributed by atoms with E-state index in [1.165, 1.54) is 0 Å². The van der Waals surface area contributed by atoms with Crippen LogP contribution in [0.1, 0.15) is 17.4 Å². The van der Waals surface area contributed by atoms with Crippen LogP contribution in [0, 0.1) is 0 Å². The summed E-state index contributed by atoms with van der Waals surface area (Å²) in [7, 11) is -1.28. The summed E-state index contributed by atoms with van der Waals surface area (Å²) in [4.78, 5) is 15.4. The number of primary amides is 1. The largest absolute Gasteiger partial charge is 0.364 e. The Balaban J connectivity index is 1.91. The molecule has 3 N–H and O–H groups in total. The van der Waals surface area contributed by atoms with Gasteiger partial charge in [0.2, 0.25) is 0 Å². The molecule has 29 heavy (non-hydrogen) atoms. The zero-order valence-electron chi connectivity index (χ0n) is 15.9. The second-order valence-electron chi connectivity index (χ2n) is 6.53. The first-order valence-corrected chi connectivity index (χ1v) is 10.9. The Morgan fingerprint density at radius 3 is 2.52 bits per heavy atom. The number of halogens is 1. The molecule has 4 rings (SSSR count). The number of hydrogen-bond donors (Lipinski definition) is 2. The number of aromatic nitrogens is 1. The van der Waals surface area contributed by atoms with Gasteiger partial charge >= 0.3 is 0 Å². The minimum Gasteiger partial charge on any atom is -0.364 e. The number of aromatic amines is 1. The van der Waals surface area contributed by atoms with Crippen molar-refractivity contribution in [2.24, 2.45) is 5.73 Å². The minimum absolute atomic E-state index is 0.368. The van der Waals surface area contributed by atoms with Crippen LogP contribution in [-0.4, -0.2) is 17.5 Å². The minimum atomic E-state index is -1.28. The molecule has 0 aliphatic heterocycles. The van der Waals surface area contributed by atoms with Gasteiger partial charge in [0.15, 0.2) is 0 Å². The van der Waals surface area contributed by atoms with Gasteiger partial charge in [-0.05, 0) is 42.3 Å². The molecule has 0 aliphatic carbocycles. The summed E-state index contributed by atoms with van der Waals surface area (Å²) in [6, 6.07) is 23.9. The summed E-state index contributed by atoms with van der Waals surface area (Å²) in [5, 5.41) is 3.23. The number of amides is 1. The molecule has 3 aromatic carbocycles. The van der Waals surface area contributed by atoms with Crippen LogP contribution >= 0.6 is 19.7 Å². The molecule has 146 valence electrons. The van der Waals surface area contributed by atoms with E-state index in [0.717, 1.165) is 32.6 Å². The van der Waals surface area contributed by atoms with Gasteiger partial charge in [-0.3, -0.25) is 4.79 Å². The number of nitrogens with two attached hydrogens (primary N) is 1. The van der Waals surface area contributed by atoms with Gasteiger partial charge in [-0.25, -0.2) is 0 Å². The number of carbonyl (C=O) groups excluding carboxylic acids is 1. The van der Waals surface area contributed by atoms with Crippen LogP contribution in [0.15, 0.2) is 72.8 Å². The maximum Gasteiger partial charge on any atom is 0.265 e. The zero-order valence-corrected chi connectivity index (χ0v) is 17.5. The lowest BCUT2D eigenvalue weighted by molar-refractivity contribution is 0.0997. The van der Waals surface area contributed by atoms with Gasteiger partial charge in [0, 0.05) is 33.1 Å². The van der Waals surface area contributed by atoms with Crippen LogP contribution in [0.5, 0.6) is 0 Å². The molecule has 0 spiro atoms. The van der Waals surface area contributed by atoms with E-state index < -0.39 is 14.1 Å². The quantitative estimate of drug-likeness (QED) is 0.431. The number of nitrogens with one attached hydrogen (secondary N) is 1. The number of rotatable bonds is 6. The Kier molecular flexibility index (Phi) is 5.68. The lowest BCUT2D eigenvalue weighted by Gasteiger charge is -2.19. The van der Waals surface area contributed by atoms with Gasteiger partial charge in [-0.15, -0.1) is 0 Å². The van der Waals surface area contributed by atoms with Crippen LogP contribution in [0.3, 0.4) is 0 Å². The van der Waals surface area contributed by atoms with E-state index in [-0.39, 0.29) is 0 Å². The topological polar surface area (TPSA) is 68.1 Å². The standard InChI is InChI=1S/C23H20ClN2O2P/c1-2-28-29(18-10-6-9-16(13-18)15-7-4-3-5-8-15)22-19-14-17(24)11-12-20(19)26-21(22)23(25)27/h3-14,26H,2H2,1H3,(H2,25,27). The van der Waals surface area contributed by atoms with Crippen molar-refractivity contribution in [1.82, 2.24) is 4.98 Å². The molecule has 0 fully saturated rings. The zero-order chi connectivity index (χ0) is 20.4. The van der Waals surface area contributed by atoms with E-state index in [1.54, 1.807) is 6.07 Å². The molecular weight excluding hydrogens is 403 g/mol. The average molecular weight is 423 g/mol. The van der Waals surface area contributed by atoms with Crippen molar-refractivity contribution in [1.29, 1.82) is 0 Å². The maximum absolute atomic E-state index is 12.2. The van der Waals surface area contributed by atoms with E-state index in [1.807, 2.05) is 49.4 Å². The van der Waals surface area contributed by atoms with Crippen LogP contribution in [-0.2, 0) is 4.52 Å². The predicted octanol–water partition coefficient (Wildman–Crippen LogP) is 4.97. The number of carbonyl (C=O) groups is 1. The highest BCUT2D eigenvalue weighted by Gasteiger charge is 2.26. The Labute approximate surface area is 175 Å². The fraction of sp³-hybridized carbons (Fsp3) is 0.0870. The average Bonchev–Trinajstić information content (AvgIpc) is 3.11. The third-order valence-corrected chi connectivity index (χ3v) is 7.00. The molecule has 1 amide bonds. The molecular formula is C23H20ClN2O2P. The molecule has 1 aromatic heterocycles. The molecule has 0 aliphatic rings. The lowest BCUT2D eigenvalue weighted by atomic mass is 10.1. The summed E-state index contributed by atoms with van der Waals surface area (Å²) < 4.78 is 6.20. The van der Waals surface area contributed by atoms with Gasteiger partial charge in [0.1, 0.15) is 5.69 Å². The van der Waals surface area contributed by atoms with E-state index in [0.29, 0.717) is 17.3 Å². The highest BCUT2D eigenvalue weighted by Crippen LogP contribution is 2.40. The van der Waals surface area contributed by atoms with Gasteiger partial charge in [-0.1, -0.05) is 60.1 Å². The third kappa shape index (κ3) is 3.92. The predicted molar refractivity (Wildman–Crippen MR) is 122 cm³/mol. The summed E-state index contributed by atoms with van der Waals surface area (Å²) in [6.07, 6.45) is 0. The summed E-state index contributed by atoms with van der Waals surface area (Å²) >= 11 is 6.25. The normalized spacial score (nSPS) is 12.2. The third-order valence-electron chi connectivity index (χ3n) is 4.63. The Hall–Kier alpha value is -2.65. The van der Waals surface area contributed by atoms with Crippen LogP contribution < -0.4 is 16.3 Å². The van der Waals surface area contributed by atoms with Crippen molar-refractivity contribution in [2.45, 2.75) is 6.92 Å². The SMILES string of the molecule is CCOP(c1cccc(-c2ccccc2)c1)c1c(C(N)=O)[nH]c2ccc(Cl)cc12. The number of benzene rings is 3. The molecule has 1 unspecified atom stereocenters. The molecule has 0 bridgehead atoms. The van der Waals surface area contributed by atoms with Crippen LogP contribution in [0.4, 0.5) is 0 Å². The van der Waals surface area contributed by atoms with E-state index >= 15 is 0 Å². The Morgan fingerprint density at radius 2 is 1.79 bits per heavy atom. The Bertz CT molecular complexity index is 1170. The molecule has 6 heteroatoms. The first-order chi connectivity index (χ1) is 14.1. The smallest absolute Gasteiger partial charge is 0.265 e. The molecule has 4 aromatic rings. The number of fused-ring (bicyclic) bond motifs is 1. The lowest BCUT2D eigenvalue weighted by Crippen LogP contribution is -2.24. The van der Waals surface area contributed by atoms with Gasteiger partial charge < -0.3 is 15.2 Å². The van der Waals surface area contributed by atoms with Crippen molar-refractivity contribution in [3.63, 3.8) is 0 Å². The monoisotopic (exact) mass is 422 g/mol. The summed E-state index contributed by atoms with van der Waals surface area (Å²) in [6.45, 7) is 2.45. The van der Waals surface area contributed by atoms with Gasteiger partial charge in [-0.2, -0.15) is 0 Å². The molecule has 1 atom stereocenters. The number of H-pyrrole nitrogens is 1. The number of hydrogen-bond acceptors (Lipinski definition) is 2. The van der Waals surface area contributed by atoms with E-state index in [9.17, 15) is 4.79 Å². The van der Waals surface area contributed by atoms with Crippen molar-refractivity contribution in [3.8, 4) is 11.1 Å². The van der Waals surface area contributed by atoms with Crippen molar-refractivity contribution in [3.05, 3.63) is 83.5 Å². The summed E-state index contributed by atoms with van der Waals surface area (Å²) in [5.41, 5.74) is 9.09. The molecule has 0 radical (unpaired) electrons.